The Hall–Kier alpha value is -7.15. The topological polar surface area (TPSA) is 287 Å². The molecule has 0 saturated carbocycles. The van der Waals surface area contributed by atoms with Crippen molar-refractivity contribution >= 4 is 18.5 Å². The number of fused-ring (bicyclic) bond motifs is 7. The van der Waals surface area contributed by atoms with Gasteiger partial charge in [0.05, 0.1) is 84.1 Å². The Labute approximate surface area is 573 Å². The van der Waals surface area contributed by atoms with E-state index in [-0.39, 0.29) is 63.6 Å². The molecule has 0 saturated heterocycles. The first-order valence-electron chi connectivity index (χ1n) is 34.5. The highest BCUT2D eigenvalue weighted by molar-refractivity contribution is 5.79. The molecule has 4 aromatic carbocycles. The van der Waals surface area contributed by atoms with Crippen molar-refractivity contribution in [2.45, 2.75) is 227 Å². The van der Waals surface area contributed by atoms with E-state index in [1.807, 2.05) is 81.4 Å². The number of hydrogen-bond donors (Lipinski definition) is 6. The lowest BCUT2D eigenvalue weighted by Crippen LogP contribution is -2.58. The zero-order valence-electron chi connectivity index (χ0n) is 60.3. The highest BCUT2D eigenvalue weighted by Gasteiger charge is 2.51. The number of phenols is 2. The van der Waals surface area contributed by atoms with Crippen LogP contribution in [0.25, 0.3) is 0 Å². The van der Waals surface area contributed by atoms with Gasteiger partial charge in [-0.25, -0.2) is 9.59 Å². The summed E-state index contributed by atoms with van der Waals surface area (Å²) in [6.45, 7) is 29.6. The number of unbranched alkanes of at least 4 members (excludes halogenated alkanes) is 4. The van der Waals surface area contributed by atoms with E-state index in [9.17, 15) is 29.7 Å². The molecule has 0 aromatic heterocycles. The molecule has 4 aromatic rings. The molecule has 23 nitrogen and oxygen atoms in total. The molecule has 5 aliphatic heterocycles. The number of hydrogen-bond acceptors (Lipinski definition) is 21. The van der Waals surface area contributed by atoms with Gasteiger partial charge >= 0.3 is 12.2 Å². The molecule has 5 heterocycles. The number of amides is 2. The number of phenolic OH excluding ortho intramolecular Hbond substituents is 2. The molecule has 7 atom stereocenters. The van der Waals surface area contributed by atoms with Gasteiger partial charge < -0.3 is 93.1 Å². The summed E-state index contributed by atoms with van der Waals surface area (Å²) in [7, 11) is 3.05. The molecular weight excluding hydrogens is 1250 g/mol. The normalized spacial score (nSPS) is 19.2. The third kappa shape index (κ3) is 18.4. The summed E-state index contributed by atoms with van der Waals surface area (Å²) in [6.07, 6.45) is 8.93. The summed E-state index contributed by atoms with van der Waals surface area (Å²) >= 11 is 0. The number of ether oxygens (including phenoxy) is 12. The van der Waals surface area contributed by atoms with E-state index in [4.69, 9.17) is 67.7 Å². The largest absolute Gasteiger partial charge is 0.504 e. The maximum Gasteiger partial charge on any atom is 0.411 e. The predicted octanol–water partition coefficient (Wildman–Crippen LogP) is 11.9. The van der Waals surface area contributed by atoms with Crippen molar-refractivity contribution < 1.29 is 91.7 Å². The monoisotopic (exact) mass is 1360 g/mol. The Morgan fingerprint density at radius 3 is 1.58 bits per heavy atom. The summed E-state index contributed by atoms with van der Waals surface area (Å²) in [5.41, 5.74) is 13.3. The molecule has 0 fully saturated rings. The minimum Gasteiger partial charge on any atom is -0.504 e. The van der Waals surface area contributed by atoms with Crippen LogP contribution in [0.15, 0.2) is 18.2 Å². The average Bonchev–Trinajstić information content (AvgIpc) is 1.69. The maximum absolute atomic E-state index is 14.5. The minimum atomic E-state index is -0.785. The summed E-state index contributed by atoms with van der Waals surface area (Å²) in [5.74, 6) is 4.84. The number of aliphatic hydroxyl groups excluding tert-OH is 2. The summed E-state index contributed by atoms with van der Waals surface area (Å²) in [5, 5.41) is 44.3. The number of aliphatic hydroxyl groups is 2. The van der Waals surface area contributed by atoms with Gasteiger partial charge in [0.25, 0.3) is 0 Å². The third-order valence-electron chi connectivity index (χ3n) is 17.7. The van der Waals surface area contributed by atoms with Gasteiger partial charge in [-0.2, -0.15) is 0 Å². The van der Waals surface area contributed by atoms with Crippen molar-refractivity contribution in [3.8, 4) is 57.5 Å². The van der Waals surface area contributed by atoms with Gasteiger partial charge in [-0.3, -0.25) is 9.80 Å². The Balaban J connectivity index is 0.000000234. The molecule has 97 heavy (non-hydrogen) atoms. The molecule has 5 aliphatic rings. The first kappa shape index (κ1) is 77.2. The number of aryl methyl sites for hydroxylation is 2. The van der Waals surface area contributed by atoms with Crippen LogP contribution in [0.5, 0.6) is 57.5 Å². The van der Waals surface area contributed by atoms with Gasteiger partial charge in [-0.1, -0.05) is 65.5 Å². The van der Waals surface area contributed by atoms with Crippen molar-refractivity contribution in [3.63, 3.8) is 0 Å². The van der Waals surface area contributed by atoms with Gasteiger partial charge in [0, 0.05) is 70.7 Å². The second-order valence-electron chi connectivity index (χ2n) is 27.6. The van der Waals surface area contributed by atoms with E-state index >= 15 is 0 Å². The van der Waals surface area contributed by atoms with Crippen LogP contribution >= 0.6 is 0 Å². The van der Waals surface area contributed by atoms with Crippen molar-refractivity contribution in [1.29, 1.82) is 0 Å². The number of methoxy groups -OCH3 is 2. The first-order valence-corrected chi connectivity index (χ1v) is 34.5. The van der Waals surface area contributed by atoms with Crippen LogP contribution in [0.4, 0.5) is 9.59 Å². The van der Waals surface area contributed by atoms with Crippen LogP contribution in [0.3, 0.4) is 0 Å². The molecule has 540 valence electrons. The summed E-state index contributed by atoms with van der Waals surface area (Å²) < 4.78 is 71.5. The molecule has 0 radical (unpaired) electrons. The number of nitrogens with two attached hydrogens (primary N) is 1. The molecule has 7 N–H and O–H groups in total. The zero-order valence-corrected chi connectivity index (χ0v) is 60.3. The Morgan fingerprint density at radius 2 is 1.11 bits per heavy atom. The fourth-order valence-electron chi connectivity index (χ4n) is 13.2. The predicted molar refractivity (Wildman–Crippen MR) is 368 cm³/mol. The van der Waals surface area contributed by atoms with E-state index in [2.05, 4.69) is 33.0 Å². The minimum absolute atomic E-state index is 0.0216. The lowest BCUT2D eigenvalue weighted by atomic mass is 9.78. The fraction of sp³-hybridized carbons (Fsp3) is 0.635. The van der Waals surface area contributed by atoms with Crippen LogP contribution in [0.1, 0.15) is 200 Å². The number of carbonyl (C=O) groups is 3. The van der Waals surface area contributed by atoms with E-state index in [0.717, 1.165) is 119 Å². The molecule has 0 bridgehead atoms. The Bertz CT molecular complexity index is 3280. The van der Waals surface area contributed by atoms with E-state index < -0.39 is 53.6 Å². The van der Waals surface area contributed by atoms with Crippen LogP contribution in [0.2, 0.25) is 0 Å². The number of rotatable bonds is 26. The smallest absolute Gasteiger partial charge is 0.411 e. The Kier molecular flexibility index (Phi) is 27.9. The SMILES string of the molecule is CCCCOC[C@H]1c2c(c(OCCCC)c(C)c3c2OCO3)C[C@@H](C2N[C@H](CO)Cc3cc(C)c(OC)c(O)c32)N1C(=O)OC(C)(C)C.CCCCOC[C@H]1c2c(c(OCCCC)c(C)c3c2OCO3)C[C@@H](C=O)N1C(=O)OC(C)(C)C.COc1c(C)cc(C[C@H](N)CO)cc1O. The zero-order chi connectivity index (χ0) is 71.1. The average molecular weight is 1360 g/mol. The van der Waals surface area contributed by atoms with Crippen LogP contribution in [-0.2, 0) is 49.4 Å². The number of nitrogens with one attached hydrogen (secondary N) is 1. The fourth-order valence-corrected chi connectivity index (χ4v) is 13.2. The first-order chi connectivity index (χ1) is 46.3. The second-order valence-corrected chi connectivity index (χ2v) is 27.6. The molecule has 2 amide bonds. The van der Waals surface area contributed by atoms with Crippen LogP contribution < -0.4 is 48.9 Å². The lowest BCUT2D eigenvalue weighted by molar-refractivity contribution is -0.114. The summed E-state index contributed by atoms with van der Waals surface area (Å²) in [4.78, 5) is 43.4. The number of carbonyl (C=O) groups excluding carboxylic acids is 3. The molecule has 23 heteroatoms. The molecule has 0 aliphatic carbocycles. The Morgan fingerprint density at radius 1 is 0.639 bits per heavy atom. The number of nitrogens with zero attached hydrogens (tertiary/aromatic N) is 2. The molecule has 0 spiro atoms. The quantitative estimate of drug-likeness (QED) is 0.0252. The van der Waals surface area contributed by atoms with Gasteiger partial charge in [0.2, 0.25) is 13.6 Å². The van der Waals surface area contributed by atoms with Gasteiger partial charge in [0.15, 0.2) is 46.0 Å². The van der Waals surface area contributed by atoms with Crippen LogP contribution in [0, 0.1) is 27.7 Å². The maximum atomic E-state index is 14.5. The number of aldehydes is 1. The van der Waals surface area contributed by atoms with E-state index in [0.29, 0.717) is 97.9 Å². The number of benzene rings is 4. The molecule has 1 unspecified atom stereocenters. The van der Waals surface area contributed by atoms with Crippen molar-refractivity contribution in [1.82, 2.24) is 15.1 Å². The molecule has 9 rings (SSSR count). The van der Waals surface area contributed by atoms with Gasteiger partial charge in [0.1, 0.15) is 29.0 Å². The van der Waals surface area contributed by atoms with Gasteiger partial charge in [-0.05, 0) is 143 Å². The summed E-state index contributed by atoms with van der Waals surface area (Å²) in [6, 6.07) is 1.79. The third-order valence-corrected chi connectivity index (χ3v) is 17.7. The van der Waals surface area contributed by atoms with Crippen molar-refractivity contribution in [2.75, 3.05) is 80.7 Å². The standard InChI is InChI=1S/C37H54N2O9.C26H39NO7.C11H17NO3/c1-9-11-13-44-19-27-29-25(33(45-14-12-10-2)22(4)34-35(29)47-20-46-34)17-26(39(27)36(42)48-37(5,6)7)30-28-23(16-24(18-40)38-30)15-21(3)32(43-8)31(28)41;1-7-9-11-30-15-20-21-19(13-18(14-28)27(20)25(29)34-26(4,5)6)22(31-12-10-8-2)17(3)23-24(21)33-16-32-23;1-7-3-8(4-9(12)6-13)5-10(14)11(7)15-2/h15,24,26-27,30,38,40-41H,9-14,16-20H2,1-8H3;14,18,20H,7-13,15-16H2,1-6H3;3,5,9,13-14H,4,6,12H2,1-2H3/t24-,26-,27-,30?;18-,20-;9-/m000/s1. The second kappa shape index (κ2) is 35.1. The van der Waals surface area contributed by atoms with Crippen LogP contribution in [-0.4, -0.2) is 165 Å². The highest BCUT2D eigenvalue weighted by Crippen LogP contribution is 2.56. The van der Waals surface area contributed by atoms with E-state index in [1.54, 1.807) is 11.0 Å². The lowest BCUT2D eigenvalue weighted by Gasteiger charge is -2.49. The molecular formula is C74H110N4O19. The van der Waals surface area contributed by atoms with E-state index in [1.165, 1.54) is 19.1 Å². The van der Waals surface area contributed by atoms with Crippen molar-refractivity contribution in [3.05, 3.63) is 79.4 Å². The van der Waals surface area contributed by atoms with Gasteiger partial charge in [-0.15, -0.1) is 0 Å². The van der Waals surface area contributed by atoms with Crippen molar-refractivity contribution in [2.24, 2.45) is 5.73 Å². The highest BCUT2D eigenvalue weighted by atomic mass is 16.7. The number of aromatic hydroxyl groups is 2.